The molecular formula is C111H94Cl5N19O11. The molecule has 14 aromatic heterocycles. The maximum absolute atomic E-state index is 13.0. The van der Waals surface area contributed by atoms with Crippen molar-refractivity contribution >= 4 is 98.8 Å². The molecular weight excluding hydrogens is 1950 g/mol. The van der Waals surface area contributed by atoms with Crippen LogP contribution in [0.15, 0.2) is 278 Å². The average molecular weight is 2050 g/mol. The van der Waals surface area contributed by atoms with E-state index in [0.717, 1.165) is 94.3 Å². The van der Waals surface area contributed by atoms with Crippen LogP contribution < -0.4 is 10.6 Å². The minimum atomic E-state index is -0.278. The largest absolute Gasteiger partial charge is 0.435 e. The van der Waals surface area contributed by atoms with Gasteiger partial charge in [0.2, 0.25) is 35.4 Å². The number of carbonyl (C=O) groups excluding carboxylic acids is 6. The van der Waals surface area contributed by atoms with Crippen molar-refractivity contribution in [2.75, 3.05) is 5.32 Å². The summed E-state index contributed by atoms with van der Waals surface area (Å²) < 4.78 is 30.7. The number of oxazole rings is 5. The molecule has 0 aliphatic heterocycles. The van der Waals surface area contributed by atoms with Crippen molar-refractivity contribution in [1.82, 2.24) is 90.0 Å². The molecule has 5 N–H and O–H groups in total. The number of aryl methyl sites for hydroxylation is 3. The fourth-order valence-electron chi connectivity index (χ4n) is 15.7. The first-order chi connectivity index (χ1) is 70.8. The van der Waals surface area contributed by atoms with Gasteiger partial charge in [0.25, 0.3) is 5.91 Å². The van der Waals surface area contributed by atoms with Gasteiger partial charge in [0.05, 0.1) is 25.1 Å². The summed E-state index contributed by atoms with van der Waals surface area (Å²) in [6, 6.07) is 55.3. The van der Waals surface area contributed by atoms with E-state index in [9.17, 15) is 28.8 Å². The van der Waals surface area contributed by atoms with E-state index in [0.29, 0.717) is 194 Å². The highest BCUT2D eigenvalue weighted by molar-refractivity contribution is 6.35. The van der Waals surface area contributed by atoms with Crippen molar-refractivity contribution in [1.29, 1.82) is 0 Å². The van der Waals surface area contributed by atoms with Crippen molar-refractivity contribution in [3.8, 4) is 160 Å². The Morgan fingerprint density at radius 3 is 1.21 bits per heavy atom. The monoisotopic (exact) mass is 2040 g/mol. The molecule has 30 nitrogen and oxygen atoms in total. The van der Waals surface area contributed by atoms with E-state index in [-0.39, 0.29) is 71.9 Å². The summed E-state index contributed by atoms with van der Waals surface area (Å²) in [6.07, 6.45) is 28.1. The smallest absolute Gasteiger partial charge is 0.274 e. The topological polar surface area (TPSA) is 420 Å². The number of nitrogens with one attached hydrogen (secondary N) is 5. The molecule has 0 atom stereocenters. The molecule has 0 saturated heterocycles. The summed E-state index contributed by atoms with van der Waals surface area (Å²) >= 11 is 32.0. The van der Waals surface area contributed by atoms with Gasteiger partial charge in [0.15, 0.2) is 69.1 Å². The first-order valence-corrected chi connectivity index (χ1v) is 48.9. The van der Waals surface area contributed by atoms with Gasteiger partial charge >= 0.3 is 0 Å². The number of hydrogen-bond acceptors (Lipinski definition) is 25. The zero-order valence-corrected chi connectivity index (χ0v) is 83.8. The molecule has 19 aromatic rings. The van der Waals surface area contributed by atoms with Gasteiger partial charge in [-0.3, -0.25) is 53.7 Å². The lowest BCUT2D eigenvalue weighted by Gasteiger charge is -2.25. The molecule has 0 radical (unpaired) electrons. The molecule has 0 spiro atoms. The van der Waals surface area contributed by atoms with Gasteiger partial charge in [-0.1, -0.05) is 145 Å². The third-order valence-electron chi connectivity index (χ3n) is 23.5. The Balaban J connectivity index is 0.000000125. The number of ketones is 4. The van der Waals surface area contributed by atoms with Gasteiger partial charge < -0.3 is 47.7 Å². The summed E-state index contributed by atoms with van der Waals surface area (Å²) in [7, 11) is 0. The predicted molar refractivity (Wildman–Crippen MR) is 559 cm³/mol. The highest BCUT2D eigenvalue weighted by Gasteiger charge is 2.33. The first-order valence-electron chi connectivity index (χ1n) is 47.0. The molecule has 5 aromatic carbocycles. The van der Waals surface area contributed by atoms with Gasteiger partial charge in [-0.15, -0.1) is 0 Å². The van der Waals surface area contributed by atoms with Crippen LogP contribution in [0.5, 0.6) is 0 Å². The SMILES string of the molecule is CC(=O)Cc1cc(-c2nc(-c3ccccc3Cl)c(-c3ccccn3)o2)c(C)cn1.CC(=O)Cc1cc(-c2nc(C(=O)NC3CCC3)c(-c3ccccc3Cl)o2)c(C)cn1.CCC(=O)Cc1cc(-c2nc(-c3ncc[nH]3)c(-c3ccccc3Cl)o2)ccn1.CCCC(=O)Nc1cc(-c2nc(-c3ncc[nH]3)c(-c3ccccc3Cl)o2)ccn1.Cc1cnc(CC(=O)C2CC2)cc1-c1nc(-c2ncc[nH]2)c(-c2ccccc2Cl)o1. The number of H-pyrrole nitrogens is 3. The third-order valence-corrected chi connectivity index (χ3v) is 25.1. The molecule has 2 aliphatic rings. The van der Waals surface area contributed by atoms with Crippen molar-refractivity contribution in [2.24, 2.45) is 5.92 Å². The van der Waals surface area contributed by atoms with Crippen LogP contribution in [0, 0.1) is 26.7 Å². The Bertz CT molecular complexity index is 7920. The van der Waals surface area contributed by atoms with E-state index >= 15 is 0 Å². The second kappa shape index (κ2) is 46.9. The van der Waals surface area contributed by atoms with Crippen LogP contribution in [0.2, 0.25) is 25.1 Å². The summed E-state index contributed by atoms with van der Waals surface area (Å²) in [6.45, 7) is 12.6. The number of carbonyl (C=O) groups is 6. The summed E-state index contributed by atoms with van der Waals surface area (Å²) in [5.74, 6) is 6.88. The molecule has 35 heteroatoms. The highest BCUT2D eigenvalue weighted by Crippen LogP contribution is 2.46. The van der Waals surface area contributed by atoms with E-state index in [1.807, 2.05) is 168 Å². The zero-order chi connectivity index (χ0) is 102. The third kappa shape index (κ3) is 24.6. The molecule has 0 bridgehead atoms. The lowest BCUT2D eigenvalue weighted by atomic mass is 9.93. The maximum Gasteiger partial charge on any atom is 0.274 e. The fraction of sp³-hybridized carbons (Fsp3) is 0.189. The zero-order valence-electron chi connectivity index (χ0n) is 80.0. The molecule has 2 aliphatic carbocycles. The molecule has 14 heterocycles. The van der Waals surface area contributed by atoms with Gasteiger partial charge in [-0.05, 0) is 199 Å². The summed E-state index contributed by atoms with van der Waals surface area (Å²) in [4.78, 5) is 143. The number of hydrogen-bond donors (Lipinski definition) is 5. The summed E-state index contributed by atoms with van der Waals surface area (Å²) in [5, 5.41) is 8.52. The normalized spacial score (nSPS) is 12.0. The quantitative estimate of drug-likeness (QED) is 0.0291. The number of Topliss-reactive ketones (excluding diaryl/α,β-unsaturated/α-hetero) is 4. The summed E-state index contributed by atoms with van der Waals surface area (Å²) in [5.41, 5.74) is 15.8. The second-order valence-corrected chi connectivity index (χ2v) is 36.5. The van der Waals surface area contributed by atoms with E-state index < -0.39 is 0 Å². The lowest BCUT2D eigenvalue weighted by molar-refractivity contribution is -0.120. The Hall–Kier alpha value is -16.3. The number of aromatic amines is 3. The number of rotatable bonds is 29. The lowest BCUT2D eigenvalue weighted by Crippen LogP contribution is -2.39. The van der Waals surface area contributed by atoms with Crippen molar-refractivity contribution in [3.05, 3.63) is 327 Å². The number of aromatic nitrogens is 17. The number of amides is 2. The number of imidazole rings is 3. The number of halogens is 5. The Kier molecular flexibility index (Phi) is 32.5. The molecule has 146 heavy (non-hydrogen) atoms. The van der Waals surface area contributed by atoms with E-state index in [4.69, 9.17) is 90.1 Å². The number of anilines is 1. The highest BCUT2D eigenvalue weighted by atomic mass is 35.5. The van der Waals surface area contributed by atoms with Crippen LogP contribution in [-0.4, -0.2) is 126 Å². The Labute approximate surface area is 863 Å². The van der Waals surface area contributed by atoms with Crippen LogP contribution in [0.1, 0.15) is 129 Å². The van der Waals surface area contributed by atoms with Gasteiger partial charge in [0, 0.05) is 203 Å². The first kappa shape index (κ1) is 101. The van der Waals surface area contributed by atoms with Crippen LogP contribution in [0.4, 0.5) is 5.82 Å². The van der Waals surface area contributed by atoms with Crippen LogP contribution in [0.25, 0.3) is 160 Å². The standard InChI is InChI=1S/C23H19ClN4O2.C23H22ClN3O3.C23H18ClN3O2.C21H18ClN5O2.C21H17ClN4O2/c1-13-12-27-15(11-19(29)14-6-7-14)10-17(13)23-28-20(22-25-8-9-26-22)21(30-23)16-4-2-3-5-18(16)24;1-13-12-25-16(10-14(2)28)11-18(13)23-27-20(22(29)26-15-6-5-7-15)21(30-23)17-8-3-4-9-19(17)24;1-14-13-26-16(11-15(2)28)12-18(14)23-27-21(17-7-3-4-8-19(17)24)22(29-23)20-9-5-6-10-25-20;1-2-5-17(28)26-16-12-13(8-9-23-16)21-27-18(20-24-10-11-25-20)19(29-21)14-6-3-4-7-15(14)22;1-2-15(27)12-14-11-13(7-8-23-14)21-26-18(20-24-9-10-25-20)19(28-21)16-5-3-4-6-17(16)22/h2-5,8-10,12,14H,6-7,11H2,1H3,(H,25,26);3-4,8-9,11-12,15H,5-7,10H2,1-2H3,(H,26,29);3-10,12-13H,11H2,1-2H3;3-4,6-12H,2,5H2,1H3,(H,24,25)(H,23,26,28);3-11H,2,12H2,1H3,(H,24,25). The van der Waals surface area contributed by atoms with Gasteiger partial charge in [0.1, 0.15) is 40.3 Å². The molecule has 21 rings (SSSR count). The minimum absolute atomic E-state index is 0.0158. The molecule has 2 amide bonds. The predicted octanol–water partition coefficient (Wildman–Crippen LogP) is 25.8. The maximum atomic E-state index is 13.0. The molecule has 0 unspecified atom stereocenters. The van der Waals surface area contributed by atoms with Crippen LogP contribution in [-0.2, 0) is 49.7 Å². The number of pyridine rings is 6. The fourth-order valence-corrected chi connectivity index (χ4v) is 16.8. The number of benzene rings is 5. The minimum Gasteiger partial charge on any atom is -0.435 e. The number of nitrogens with zero attached hydrogens (tertiary/aromatic N) is 14. The Morgan fingerprint density at radius 2 is 0.781 bits per heavy atom. The second-order valence-electron chi connectivity index (χ2n) is 34.5. The van der Waals surface area contributed by atoms with E-state index in [1.165, 1.54) is 6.92 Å². The van der Waals surface area contributed by atoms with Gasteiger partial charge in [-0.25, -0.2) is 44.9 Å². The average Bonchev–Trinajstić information content (AvgIpc) is 1.63. The van der Waals surface area contributed by atoms with Crippen molar-refractivity contribution in [3.63, 3.8) is 0 Å². The van der Waals surface area contributed by atoms with Crippen LogP contribution >= 0.6 is 58.0 Å². The van der Waals surface area contributed by atoms with Crippen molar-refractivity contribution in [2.45, 2.75) is 132 Å². The van der Waals surface area contributed by atoms with Crippen LogP contribution in [0.3, 0.4) is 0 Å². The molecule has 734 valence electrons. The van der Waals surface area contributed by atoms with E-state index in [2.05, 4.69) is 85.4 Å². The Morgan fingerprint density at radius 1 is 0.377 bits per heavy atom. The van der Waals surface area contributed by atoms with Crippen molar-refractivity contribution < 1.29 is 50.9 Å². The van der Waals surface area contributed by atoms with Gasteiger partial charge in [-0.2, -0.15) is 0 Å². The molecule has 2 saturated carbocycles. The van der Waals surface area contributed by atoms with E-state index in [1.54, 1.807) is 130 Å². The molecule has 2 fully saturated rings.